The molecule has 6 rings (SSSR count). The highest BCUT2D eigenvalue weighted by Gasteiger charge is 2.37. The summed E-state index contributed by atoms with van der Waals surface area (Å²) in [6, 6.07) is 13.5. The molecule has 2 atom stereocenters. The fourth-order valence-corrected chi connectivity index (χ4v) is 5.85. The summed E-state index contributed by atoms with van der Waals surface area (Å²) in [7, 11) is 1.54. The third-order valence-electron chi connectivity index (χ3n) is 7.64. The van der Waals surface area contributed by atoms with Crippen LogP contribution in [0, 0.1) is 12.7 Å². The number of carbonyl (C=O) groups excluding carboxylic acids is 1. The van der Waals surface area contributed by atoms with Crippen LogP contribution in [0.25, 0.3) is 16.9 Å². The number of pyridine rings is 1. The number of imidazole rings is 1. The number of ether oxygens (including phenoxy) is 3. The molecule has 4 heterocycles. The van der Waals surface area contributed by atoms with Crippen LogP contribution in [0.15, 0.2) is 48.5 Å². The van der Waals surface area contributed by atoms with E-state index in [9.17, 15) is 9.18 Å². The lowest BCUT2D eigenvalue weighted by atomic mass is 10.0. The van der Waals surface area contributed by atoms with Crippen LogP contribution in [0.3, 0.4) is 0 Å². The largest absolute Gasteiger partial charge is 0.489 e. The molecule has 11 heteroatoms. The molecule has 0 bridgehead atoms. The third kappa shape index (κ3) is 5.12. The number of rotatable bonds is 7. The van der Waals surface area contributed by atoms with Gasteiger partial charge in [0.05, 0.1) is 37.1 Å². The second kappa shape index (κ2) is 11.5. The number of hydrogen-bond acceptors (Lipinski definition) is 6. The maximum absolute atomic E-state index is 14.8. The molecular weight excluding hydrogens is 570 g/mol. The van der Waals surface area contributed by atoms with Crippen molar-refractivity contribution in [3.8, 4) is 22.9 Å². The topological polar surface area (TPSA) is 77.3 Å². The van der Waals surface area contributed by atoms with E-state index in [2.05, 4.69) is 5.32 Å². The number of nitrogens with zero attached hydrogens (tertiary/aromatic N) is 3. The van der Waals surface area contributed by atoms with Gasteiger partial charge in [0.1, 0.15) is 28.8 Å². The summed E-state index contributed by atoms with van der Waals surface area (Å²) < 4.78 is 33.8. The van der Waals surface area contributed by atoms with Gasteiger partial charge in [-0.3, -0.25) is 9.20 Å². The van der Waals surface area contributed by atoms with Gasteiger partial charge in [0.15, 0.2) is 11.6 Å². The van der Waals surface area contributed by atoms with Crippen LogP contribution in [-0.4, -0.2) is 66.3 Å². The van der Waals surface area contributed by atoms with Gasteiger partial charge in [-0.25, -0.2) is 9.37 Å². The van der Waals surface area contributed by atoms with Crippen molar-refractivity contribution in [3.63, 3.8) is 0 Å². The highest BCUT2D eigenvalue weighted by Crippen LogP contribution is 2.45. The van der Waals surface area contributed by atoms with E-state index >= 15 is 0 Å². The first-order chi connectivity index (χ1) is 19.9. The van der Waals surface area contributed by atoms with E-state index in [1.54, 1.807) is 59.7 Å². The molecule has 4 aromatic rings. The smallest absolute Gasteiger partial charge is 0.275 e. The van der Waals surface area contributed by atoms with Crippen molar-refractivity contribution < 1.29 is 23.4 Å². The molecular formula is C30H29Cl2FN4O4. The summed E-state index contributed by atoms with van der Waals surface area (Å²) in [6.07, 6.45) is 0.643. The molecule has 2 aromatic heterocycles. The van der Waals surface area contributed by atoms with E-state index < -0.39 is 6.04 Å². The normalized spacial score (nSPS) is 18.3. The first-order valence-corrected chi connectivity index (χ1v) is 14.2. The number of fused-ring (bicyclic) bond motifs is 2. The summed E-state index contributed by atoms with van der Waals surface area (Å²) >= 11 is 12.7. The Hall–Kier alpha value is -3.37. The second-order valence-corrected chi connectivity index (χ2v) is 10.9. The number of morpholine rings is 1. The quantitative estimate of drug-likeness (QED) is 0.293. The van der Waals surface area contributed by atoms with Gasteiger partial charge < -0.3 is 24.4 Å². The van der Waals surface area contributed by atoms with Crippen molar-refractivity contribution in [2.75, 3.05) is 40.0 Å². The van der Waals surface area contributed by atoms with Gasteiger partial charge >= 0.3 is 0 Å². The SMILES string of the molecule is COc1cccc2nc(C(=O)N(CC[C@@H]3COCCN3)C3COc4c3ccc(Cl)c4Cl)c(-c3ccc(C)c(F)c3)n12. The van der Waals surface area contributed by atoms with Gasteiger partial charge in [0, 0.05) is 30.3 Å². The maximum Gasteiger partial charge on any atom is 0.275 e. The number of aryl methyl sites for hydroxylation is 1. The Balaban J connectivity index is 1.48. The number of methoxy groups -OCH3 is 1. The van der Waals surface area contributed by atoms with Crippen molar-refractivity contribution >= 4 is 34.8 Å². The number of benzene rings is 2. The fourth-order valence-electron chi connectivity index (χ4n) is 5.48. The minimum Gasteiger partial charge on any atom is -0.489 e. The van der Waals surface area contributed by atoms with Crippen LogP contribution in [0.5, 0.6) is 11.6 Å². The lowest BCUT2D eigenvalue weighted by molar-refractivity contribution is 0.0537. The Morgan fingerprint density at radius 2 is 2.07 bits per heavy atom. The Bertz CT molecular complexity index is 1620. The van der Waals surface area contributed by atoms with Crippen molar-refractivity contribution in [1.82, 2.24) is 19.6 Å². The van der Waals surface area contributed by atoms with E-state index in [1.165, 1.54) is 6.07 Å². The molecule has 1 N–H and O–H groups in total. The average Bonchev–Trinajstić information content (AvgIpc) is 3.59. The second-order valence-electron chi connectivity index (χ2n) is 10.2. The first kappa shape index (κ1) is 27.8. The van der Waals surface area contributed by atoms with E-state index in [0.717, 1.165) is 12.1 Å². The molecule has 8 nitrogen and oxygen atoms in total. The fraction of sp³-hybridized carbons (Fsp3) is 0.333. The van der Waals surface area contributed by atoms with E-state index in [4.69, 9.17) is 42.4 Å². The van der Waals surface area contributed by atoms with Gasteiger partial charge in [-0.05, 0) is 43.2 Å². The van der Waals surface area contributed by atoms with Crippen LogP contribution >= 0.6 is 23.2 Å². The first-order valence-electron chi connectivity index (χ1n) is 13.4. The monoisotopic (exact) mass is 598 g/mol. The molecule has 1 saturated heterocycles. The number of nitrogens with one attached hydrogen (secondary N) is 1. The van der Waals surface area contributed by atoms with Crippen LogP contribution in [-0.2, 0) is 4.74 Å². The Morgan fingerprint density at radius 3 is 2.83 bits per heavy atom. The Labute approximate surface area is 246 Å². The molecule has 0 spiro atoms. The summed E-state index contributed by atoms with van der Waals surface area (Å²) in [5.74, 6) is 0.237. The summed E-state index contributed by atoms with van der Waals surface area (Å²) in [5, 5.41) is 4.15. The standard InChI is InChI=1S/C30H29Cl2FN4O4/c1-17-6-7-18(14-22(17)33)28-27(35-24-4-3-5-25(39-2)37(24)28)30(38)36(12-10-19-15-40-13-11-34-19)23-16-41-29-20(23)8-9-21(31)26(29)32/h3-9,14,19,23,34H,10-13,15-16H2,1-2H3/t19-,23?/m1/s1. The van der Waals surface area contributed by atoms with Gasteiger partial charge in [-0.2, -0.15) is 0 Å². The predicted molar refractivity (Wildman–Crippen MR) is 155 cm³/mol. The summed E-state index contributed by atoms with van der Waals surface area (Å²) in [4.78, 5) is 21.2. The highest BCUT2D eigenvalue weighted by molar-refractivity contribution is 6.43. The van der Waals surface area contributed by atoms with Crippen LogP contribution in [0.1, 0.15) is 34.1 Å². The van der Waals surface area contributed by atoms with Crippen LogP contribution in [0.4, 0.5) is 4.39 Å². The van der Waals surface area contributed by atoms with Crippen molar-refractivity contribution in [3.05, 3.63) is 81.2 Å². The zero-order chi connectivity index (χ0) is 28.7. The van der Waals surface area contributed by atoms with Crippen LogP contribution in [0.2, 0.25) is 10.0 Å². The molecule has 214 valence electrons. The molecule has 0 saturated carbocycles. The van der Waals surface area contributed by atoms with Gasteiger partial charge in [-0.1, -0.05) is 47.5 Å². The van der Waals surface area contributed by atoms with E-state index in [1.807, 2.05) is 6.07 Å². The zero-order valence-electron chi connectivity index (χ0n) is 22.6. The average molecular weight is 599 g/mol. The molecule has 1 fully saturated rings. The number of carbonyl (C=O) groups is 1. The van der Waals surface area contributed by atoms with Gasteiger partial charge in [0.25, 0.3) is 5.91 Å². The summed E-state index contributed by atoms with van der Waals surface area (Å²) in [6.45, 7) is 4.25. The van der Waals surface area contributed by atoms with Gasteiger partial charge in [-0.15, -0.1) is 0 Å². The van der Waals surface area contributed by atoms with E-state index in [0.29, 0.717) is 70.3 Å². The molecule has 1 unspecified atom stereocenters. The Kier molecular flexibility index (Phi) is 7.78. The lowest BCUT2D eigenvalue weighted by Crippen LogP contribution is -2.45. The molecule has 0 aliphatic carbocycles. The maximum atomic E-state index is 14.8. The predicted octanol–water partition coefficient (Wildman–Crippen LogP) is 5.72. The third-order valence-corrected chi connectivity index (χ3v) is 8.43. The summed E-state index contributed by atoms with van der Waals surface area (Å²) in [5.41, 5.74) is 2.90. The van der Waals surface area contributed by atoms with Gasteiger partial charge in [0.2, 0.25) is 0 Å². The molecule has 2 aliphatic rings. The number of hydrogen-bond donors (Lipinski definition) is 1. The van der Waals surface area contributed by atoms with Crippen LogP contribution < -0.4 is 14.8 Å². The molecule has 2 aliphatic heterocycles. The minimum atomic E-state index is -0.439. The molecule has 0 radical (unpaired) electrons. The zero-order valence-corrected chi connectivity index (χ0v) is 24.1. The lowest BCUT2D eigenvalue weighted by Gasteiger charge is -2.31. The van der Waals surface area contributed by atoms with Crippen molar-refractivity contribution in [2.45, 2.75) is 25.4 Å². The van der Waals surface area contributed by atoms with Crippen molar-refractivity contribution in [1.29, 1.82) is 0 Å². The molecule has 41 heavy (non-hydrogen) atoms. The van der Waals surface area contributed by atoms with E-state index in [-0.39, 0.29) is 30.1 Å². The number of aromatic nitrogens is 2. The molecule has 1 amide bonds. The Morgan fingerprint density at radius 1 is 1.22 bits per heavy atom. The van der Waals surface area contributed by atoms with Crippen molar-refractivity contribution in [2.24, 2.45) is 0 Å². The highest BCUT2D eigenvalue weighted by atomic mass is 35.5. The number of amides is 1. The minimum absolute atomic E-state index is 0.0847. The molecule has 2 aromatic carbocycles. The number of halogens is 3.